The Labute approximate surface area is 115 Å². The lowest BCUT2D eigenvalue weighted by Gasteiger charge is -2.25. The van der Waals surface area contributed by atoms with E-state index in [1.54, 1.807) is 7.11 Å². The Hall–Kier alpha value is -0.820. The van der Waals surface area contributed by atoms with Gasteiger partial charge in [-0.25, -0.2) is 4.79 Å². The van der Waals surface area contributed by atoms with Crippen molar-refractivity contribution in [1.29, 1.82) is 0 Å². The molecule has 2 atom stereocenters. The summed E-state index contributed by atoms with van der Waals surface area (Å²) in [4.78, 5) is 10.8. The normalized spacial score (nSPS) is 14.1. The monoisotopic (exact) mass is 349 g/mol. The molecule has 1 amide bonds. The van der Waals surface area contributed by atoms with Crippen LogP contribution in [0.5, 0.6) is 0 Å². The van der Waals surface area contributed by atoms with E-state index < -0.39 is 6.09 Å². The Bertz CT molecular complexity index is 384. The van der Waals surface area contributed by atoms with E-state index in [1.165, 1.54) is 0 Å². The number of hydrogen-bond donors (Lipinski definition) is 1. The van der Waals surface area contributed by atoms with Crippen LogP contribution in [0.1, 0.15) is 25.0 Å². The second-order valence-corrected chi connectivity index (χ2v) is 4.72. The number of amides is 1. The molecule has 0 radical (unpaired) electrons. The highest BCUT2D eigenvalue weighted by atomic mass is 127. The fourth-order valence-corrected chi connectivity index (χ4v) is 2.39. The van der Waals surface area contributed by atoms with Crippen molar-refractivity contribution in [1.82, 2.24) is 0 Å². The van der Waals surface area contributed by atoms with E-state index in [1.807, 2.05) is 31.2 Å². The molecular formula is C12H16INO3. The van der Waals surface area contributed by atoms with Crippen molar-refractivity contribution in [2.45, 2.75) is 25.6 Å². The summed E-state index contributed by atoms with van der Waals surface area (Å²) >= 11 is 2.23. The van der Waals surface area contributed by atoms with E-state index in [0.717, 1.165) is 9.13 Å². The molecule has 1 rings (SSSR count). The van der Waals surface area contributed by atoms with E-state index in [9.17, 15) is 4.79 Å². The first-order chi connectivity index (χ1) is 8.10. The van der Waals surface area contributed by atoms with Crippen molar-refractivity contribution in [2.24, 2.45) is 5.73 Å². The van der Waals surface area contributed by atoms with Crippen LogP contribution in [0.15, 0.2) is 24.3 Å². The van der Waals surface area contributed by atoms with Crippen molar-refractivity contribution in [3.8, 4) is 0 Å². The highest BCUT2D eigenvalue weighted by Crippen LogP contribution is 2.28. The van der Waals surface area contributed by atoms with E-state index in [0.29, 0.717) is 6.42 Å². The summed E-state index contributed by atoms with van der Waals surface area (Å²) in [7, 11) is 1.60. The number of nitrogens with two attached hydrogens (primary N) is 1. The molecule has 1 aromatic rings. The van der Waals surface area contributed by atoms with Gasteiger partial charge >= 0.3 is 6.09 Å². The van der Waals surface area contributed by atoms with Gasteiger partial charge in [-0.2, -0.15) is 0 Å². The summed E-state index contributed by atoms with van der Waals surface area (Å²) in [5, 5.41) is 0. The third kappa shape index (κ3) is 3.85. The molecule has 2 N–H and O–H groups in total. The van der Waals surface area contributed by atoms with Crippen LogP contribution >= 0.6 is 22.6 Å². The van der Waals surface area contributed by atoms with Gasteiger partial charge in [-0.1, -0.05) is 25.1 Å². The minimum Gasteiger partial charge on any atom is -0.443 e. The summed E-state index contributed by atoms with van der Waals surface area (Å²) in [6, 6.07) is 7.83. The molecule has 17 heavy (non-hydrogen) atoms. The maximum atomic E-state index is 10.8. The predicted molar refractivity (Wildman–Crippen MR) is 73.7 cm³/mol. The van der Waals surface area contributed by atoms with Gasteiger partial charge in [0.15, 0.2) is 0 Å². The quantitative estimate of drug-likeness (QED) is 0.832. The van der Waals surface area contributed by atoms with Gasteiger partial charge in [-0.15, -0.1) is 0 Å². The average molecular weight is 349 g/mol. The van der Waals surface area contributed by atoms with Crippen molar-refractivity contribution in [3.05, 3.63) is 33.4 Å². The second-order valence-electron chi connectivity index (χ2n) is 3.56. The number of methoxy groups -OCH3 is 1. The predicted octanol–water partition coefficient (Wildman–Crippen LogP) is 2.85. The number of hydrogen-bond acceptors (Lipinski definition) is 3. The Morgan fingerprint density at radius 3 is 2.59 bits per heavy atom. The fraction of sp³-hybridized carbons (Fsp3) is 0.417. The minimum absolute atomic E-state index is 0.291. The van der Waals surface area contributed by atoms with Gasteiger partial charge in [-0.3, -0.25) is 0 Å². The first kappa shape index (κ1) is 14.2. The Balaban J connectivity index is 2.97. The Morgan fingerprint density at radius 1 is 1.47 bits per heavy atom. The van der Waals surface area contributed by atoms with Gasteiger partial charge in [0.1, 0.15) is 12.2 Å². The zero-order valence-corrected chi connectivity index (χ0v) is 12.0. The van der Waals surface area contributed by atoms with E-state index in [4.69, 9.17) is 15.2 Å². The van der Waals surface area contributed by atoms with E-state index in [-0.39, 0.29) is 12.2 Å². The van der Waals surface area contributed by atoms with Crippen molar-refractivity contribution in [3.63, 3.8) is 0 Å². The number of benzene rings is 1. The molecule has 0 aromatic heterocycles. The first-order valence-corrected chi connectivity index (χ1v) is 6.41. The van der Waals surface area contributed by atoms with Crippen LogP contribution in [-0.2, 0) is 9.47 Å². The van der Waals surface area contributed by atoms with Gasteiger partial charge in [0.2, 0.25) is 0 Å². The van der Waals surface area contributed by atoms with Gasteiger partial charge < -0.3 is 15.2 Å². The molecular weight excluding hydrogens is 333 g/mol. The molecule has 0 heterocycles. The lowest BCUT2D eigenvalue weighted by molar-refractivity contribution is -0.0231. The highest BCUT2D eigenvalue weighted by Gasteiger charge is 2.25. The molecule has 0 aliphatic carbocycles. The summed E-state index contributed by atoms with van der Waals surface area (Å²) in [5.41, 5.74) is 6.06. The van der Waals surface area contributed by atoms with Crippen LogP contribution < -0.4 is 5.73 Å². The van der Waals surface area contributed by atoms with Gasteiger partial charge in [0.25, 0.3) is 0 Å². The molecule has 94 valence electrons. The molecule has 1 aromatic carbocycles. The summed E-state index contributed by atoms with van der Waals surface area (Å²) in [6.45, 7) is 1.93. The van der Waals surface area contributed by atoms with Crippen molar-refractivity contribution < 1.29 is 14.3 Å². The smallest absolute Gasteiger partial charge is 0.404 e. The zero-order chi connectivity index (χ0) is 12.8. The van der Waals surface area contributed by atoms with Crippen LogP contribution in [0, 0.1) is 3.57 Å². The third-order valence-corrected chi connectivity index (χ3v) is 3.46. The number of primary amides is 1. The molecule has 0 saturated heterocycles. The summed E-state index contributed by atoms with van der Waals surface area (Å²) in [6.07, 6.45) is -0.786. The number of ether oxygens (including phenoxy) is 2. The molecule has 0 bridgehead atoms. The molecule has 0 unspecified atom stereocenters. The maximum Gasteiger partial charge on any atom is 0.404 e. The van der Waals surface area contributed by atoms with Gasteiger partial charge in [0.05, 0.1) is 0 Å². The minimum atomic E-state index is -0.773. The highest BCUT2D eigenvalue weighted by molar-refractivity contribution is 14.1. The van der Waals surface area contributed by atoms with Crippen molar-refractivity contribution >= 4 is 28.7 Å². The Morgan fingerprint density at radius 2 is 2.12 bits per heavy atom. The van der Waals surface area contributed by atoms with Crippen molar-refractivity contribution in [2.75, 3.05) is 7.11 Å². The lowest BCUT2D eigenvalue weighted by Crippen LogP contribution is -2.29. The van der Waals surface area contributed by atoms with Crippen LogP contribution in [0.25, 0.3) is 0 Å². The SMILES string of the molecule is CC[C@H](OC(N)=O)[C@@H](OC)c1ccccc1I. The first-order valence-electron chi connectivity index (χ1n) is 5.33. The van der Waals surface area contributed by atoms with Gasteiger partial charge in [-0.05, 0) is 40.6 Å². The fourth-order valence-electron chi connectivity index (χ4n) is 1.69. The molecule has 5 heteroatoms. The maximum absolute atomic E-state index is 10.8. The van der Waals surface area contributed by atoms with E-state index in [2.05, 4.69) is 22.6 Å². The molecule has 0 spiro atoms. The molecule has 0 aliphatic heterocycles. The van der Waals surface area contributed by atoms with Crippen LogP contribution in [0.4, 0.5) is 4.79 Å². The third-order valence-electron chi connectivity index (χ3n) is 2.47. The number of rotatable bonds is 5. The number of carbonyl (C=O) groups excluding carboxylic acids is 1. The number of halogens is 1. The standard InChI is InChI=1S/C12H16INO3/c1-3-10(17-12(14)15)11(16-2)8-6-4-5-7-9(8)13/h4-7,10-11H,3H2,1-2H3,(H2,14,15)/t10-,11-/m0/s1. The van der Waals surface area contributed by atoms with Crippen LogP contribution in [-0.4, -0.2) is 19.3 Å². The summed E-state index contributed by atoms with van der Waals surface area (Å²) < 4.78 is 11.6. The number of carbonyl (C=O) groups is 1. The second kappa shape index (κ2) is 6.80. The molecule has 4 nitrogen and oxygen atoms in total. The topological polar surface area (TPSA) is 61.5 Å². The van der Waals surface area contributed by atoms with Gasteiger partial charge in [0, 0.05) is 10.7 Å². The molecule has 0 fully saturated rings. The van der Waals surface area contributed by atoms with Crippen LogP contribution in [0.3, 0.4) is 0 Å². The lowest BCUT2D eigenvalue weighted by atomic mass is 10.0. The van der Waals surface area contributed by atoms with Crippen LogP contribution in [0.2, 0.25) is 0 Å². The average Bonchev–Trinajstić information content (AvgIpc) is 2.30. The largest absolute Gasteiger partial charge is 0.443 e. The summed E-state index contributed by atoms with van der Waals surface area (Å²) in [5.74, 6) is 0. The zero-order valence-electron chi connectivity index (χ0n) is 9.85. The van der Waals surface area contributed by atoms with E-state index >= 15 is 0 Å². The molecule has 0 saturated carbocycles. The Kier molecular flexibility index (Phi) is 5.70. The molecule has 0 aliphatic rings.